The lowest BCUT2D eigenvalue weighted by atomic mass is 10.0. The molecule has 1 heterocycles. The van der Waals surface area contributed by atoms with Gasteiger partial charge in [-0.1, -0.05) is 15.9 Å². The van der Waals surface area contributed by atoms with Gasteiger partial charge in [-0.3, -0.25) is 0 Å². The third-order valence-corrected chi connectivity index (χ3v) is 3.69. The first-order valence-corrected chi connectivity index (χ1v) is 6.83. The fourth-order valence-electron chi connectivity index (χ4n) is 2.19. The summed E-state index contributed by atoms with van der Waals surface area (Å²) in [5.74, 6) is -0.900. The highest BCUT2D eigenvalue weighted by atomic mass is 79.9. The van der Waals surface area contributed by atoms with Crippen LogP contribution in [0, 0.1) is 0 Å². The molecule has 0 bridgehead atoms. The van der Waals surface area contributed by atoms with E-state index in [1.54, 1.807) is 12.1 Å². The number of benzene rings is 1. The molecule has 0 atom stereocenters. The molecular formula is C13H17BrN2O2. The molecule has 0 aliphatic carbocycles. The number of hydrogen-bond donors (Lipinski definition) is 2. The zero-order valence-corrected chi connectivity index (χ0v) is 11.9. The fourth-order valence-corrected chi connectivity index (χ4v) is 2.68. The third kappa shape index (κ3) is 3.46. The van der Waals surface area contributed by atoms with Gasteiger partial charge in [-0.2, -0.15) is 0 Å². The minimum absolute atomic E-state index is 0.305. The highest BCUT2D eigenvalue weighted by molar-refractivity contribution is 9.10. The van der Waals surface area contributed by atoms with Crippen molar-refractivity contribution in [2.75, 3.05) is 25.5 Å². The Morgan fingerprint density at radius 1 is 1.39 bits per heavy atom. The van der Waals surface area contributed by atoms with Crippen LogP contribution in [0.1, 0.15) is 23.2 Å². The standard InChI is InChI=1S/C13H17BrN2O2/c1-16-4-2-11(3-5-16)15-12-7-9(13(17)18)6-10(14)8-12/h6-8,11,15H,2-5H2,1H3,(H,17,18). The Labute approximate surface area is 115 Å². The summed E-state index contributed by atoms with van der Waals surface area (Å²) in [5, 5.41) is 12.4. The summed E-state index contributed by atoms with van der Waals surface area (Å²) >= 11 is 3.34. The van der Waals surface area contributed by atoms with Crippen LogP contribution in [0.15, 0.2) is 22.7 Å². The van der Waals surface area contributed by atoms with Gasteiger partial charge in [-0.15, -0.1) is 0 Å². The van der Waals surface area contributed by atoms with Crippen LogP contribution in [0.2, 0.25) is 0 Å². The van der Waals surface area contributed by atoms with Gasteiger partial charge >= 0.3 is 5.97 Å². The van der Waals surface area contributed by atoms with Gasteiger partial charge in [0, 0.05) is 16.2 Å². The molecule has 1 aromatic carbocycles. The van der Waals surface area contributed by atoms with Crippen molar-refractivity contribution in [3.63, 3.8) is 0 Å². The maximum atomic E-state index is 11.0. The predicted molar refractivity (Wildman–Crippen MR) is 75.2 cm³/mol. The number of carboxylic acids is 1. The Balaban J connectivity index is 2.07. The van der Waals surface area contributed by atoms with Crippen molar-refractivity contribution in [1.82, 2.24) is 4.90 Å². The van der Waals surface area contributed by atoms with Gasteiger partial charge in [0.2, 0.25) is 0 Å². The lowest BCUT2D eigenvalue weighted by Crippen LogP contribution is -2.36. The topological polar surface area (TPSA) is 52.6 Å². The van der Waals surface area contributed by atoms with Gasteiger partial charge in [0.05, 0.1) is 5.56 Å². The first-order chi connectivity index (χ1) is 8.54. The molecule has 1 fully saturated rings. The van der Waals surface area contributed by atoms with Gasteiger partial charge in [-0.05, 0) is 51.2 Å². The van der Waals surface area contributed by atoms with Gasteiger partial charge in [-0.25, -0.2) is 4.79 Å². The van der Waals surface area contributed by atoms with Crippen molar-refractivity contribution in [3.8, 4) is 0 Å². The summed E-state index contributed by atoms with van der Waals surface area (Å²) in [5.41, 5.74) is 1.18. The number of likely N-dealkylation sites (tertiary alicyclic amines) is 1. The monoisotopic (exact) mass is 312 g/mol. The summed E-state index contributed by atoms with van der Waals surface area (Å²) in [6.07, 6.45) is 2.18. The van der Waals surface area contributed by atoms with Gasteiger partial charge in [0.25, 0.3) is 0 Å². The van der Waals surface area contributed by atoms with Crippen LogP contribution in [0.3, 0.4) is 0 Å². The van der Waals surface area contributed by atoms with E-state index >= 15 is 0 Å². The molecule has 1 saturated heterocycles. The zero-order chi connectivity index (χ0) is 13.1. The second-order valence-corrected chi connectivity index (χ2v) is 5.67. The van der Waals surface area contributed by atoms with E-state index in [0.29, 0.717) is 11.6 Å². The molecule has 1 aliphatic rings. The Morgan fingerprint density at radius 3 is 2.67 bits per heavy atom. The van der Waals surface area contributed by atoms with Crippen LogP contribution in [0.5, 0.6) is 0 Å². The number of halogens is 1. The molecular weight excluding hydrogens is 296 g/mol. The number of anilines is 1. The lowest BCUT2D eigenvalue weighted by Gasteiger charge is -2.30. The van der Waals surface area contributed by atoms with Crippen molar-refractivity contribution >= 4 is 27.6 Å². The molecule has 0 saturated carbocycles. The van der Waals surface area contributed by atoms with Gasteiger partial charge in [0.1, 0.15) is 0 Å². The third-order valence-electron chi connectivity index (χ3n) is 3.23. The molecule has 1 aliphatic heterocycles. The second kappa shape index (κ2) is 5.71. The van der Waals surface area contributed by atoms with Crippen molar-refractivity contribution in [2.24, 2.45) is 0 Å². The minimum Gasteiger partial charge on any atom is -0.478 e. The summed E-state index contributed by atoms with van der Waals surface area (Å²) in [6.45, 7) is 2.16. The SMILES string of the molecule is CN1CCC(Nc2cc(Br)cc(C(=O)O)c2)CC1. The van der Waals surface area contributed by atoms with Crippen molar-refractivity contribution in [2.45, 2.75) is 18.9 Å². The molecule has 2 rings (SSSR count). The molecule has 0 spiro atoms. The van der Waals surface area contributed by atoms with Crippen LogP contribution >= 0.6 is 15.9 Å². The Hall–Kier alpha value is -1.07. The fraction of sp³-hybridized carbons (Fsp3) is 0.462. The number of carbonyl (C=O) groups is 1. The summed E-state index contributed by atoms with van der Waals surface area (Å²) in [4.78, 5) is 13.3. The Morgan fingerprint density at radius 2 is 2.06 bits per heavy atom. The average Bonchev–Trinajstić information content (AvgIpc) is 2.31. The smallest absolute Gasteiger partial charge is 0.335 e. The molecule has 5 heteroatoms. The van der Waals surface area contributed by atoms with E-state index in [1.807, 2.05) is 6.07 Å². The lowest BCUT2D eigenvalue weighted by molar-refractivity contribution is 0.0697. The molecule has 0 unspecified atom stereocenters. The number of nitrogens with zero attached hydrogens (tertiary/aromatic N) is 1. The van der Waals surface area contributed by atoms with Gasteiger partial charge < -0.3 is 15.3 Å². The highest BCUT2D eigenvalue weighted by Gasteiger charge is 2.17. The second-order valence-electron chi connectivity index (χ2n) is 4.76. The van der Waals surface area contributed by atoms with E-state index < -0.39 is 5.97 Å². The molecule has 98 valence electrons. The van der Waals surface area contributed by atoms with E-state index in [2.05, 4.69) is 33.2 Å². The molecule has 18 heavy (non-hydrogen) atoms. The number of piperidine rings is 1. The van der Waals surface area contributed by atoms with E-state index in [0.717, 1.165) is 36.1 Å². The number of carboxylic acid groups (broad SMARTS) is 1. The van der Waals surface area contributed by atoms with Crippen LogP contribution in [-0.2, 0) is 0 Å². The van der Waals surface area contributed by atoms with E-state index in [9.17, 15) is 4.79 Å². The van der Waals surface area contributed by atoms with Crippen molar-refractivity contribution in [1.29, 1.82) is 0 Å². The summed E-state index contributed by atoms with van der Waals surface area (Å²) in [7, 11) is 2.12. The van der Waals surface area contributed by atoms with Crippen LogP contribution in [-0.4, -0.2) is 42.2 Å². The molecule has 0 aromatic heterocycles. The van der Waals surface area contributed by atoms with E-state index in [4.69, 9.17) is 5.11 Å². The number of rotatable bonds is 3. The maximum Gasteiger partial charge on any atom is 0.335 e. The summed E-state index contributed by atoms with van der Waals surface area (Å²) < 4.78 is 0.790. The maximum absolute atomic E-state index is 11.0. The number of nitrogens with one attached hydrogen (secondary N) is 1. The van der Waals surface area contributed by atoms with E-state index in [-0.39, 0.29) is 0 Å². The van der Waals surface area contributed by atoms with Crippen LogP contribution < -0.4 is 5.32 Å². The van der Waals surface area contributed by atoms with Crippen LogP contribution in [0.4, 0.5) is 5.69 Å². The predicted octanol–water partition coefficient (Wildman–Crippen LogP) is 2.65. The Kier molecular flexibility index (Phi) is 4.24. The number of hydrogen-bond acceptors (Lipinski definition) is 3. The molecule has 0 amide bonds. The zero-order valence-electron chi connectivity index (χ0n) is 10.3. The molecule has 0 radical (unpaired) electrons. The largest absolute Gasteiger partial charge is 0.478 e. The van der Waals surface area contributed by atoms with Crippen LogP contribution in [0.25, 0.3) is 0 Å². The minimum atomic E-state index is -0.900. The van der Waals surface area contributed by atoms with Crippen molar-refractivity contribution < 1.29 is 9.90 Å². The quantitative estimate of drug-likeness (QED) is 0.901. The molecule has 2 N–H and O–H groups in total. The van der Waals surface area contributed by atoms with E-state index in [1.165, 1.54) is 0 Å². The highest BCUT2D eigenvalue weighted by Crippen LogP contribution is 2.22. The summed E-state index contributed by atoms with van der Waals surface area (Å²) in [6, 6.07) is 5.65. The average molecular weight is 313 g/mol. The molecule has 4 nitrogen and oxygen atoms in total. The van der Waals surface area contributed by atoms with Gasteiger partial charge in [0.15, 0.2) is 0 Å². The van der Waals surface area contributed by atoms with Crippen molar-refractivity contribution in [3.05, 3.63) is 28.2 Å². The Bertz CT molecular complexity index is 443. The number of aromatic carboxylic acids is 1. The first kappa shape index (κ1) is 13.4. The molecule has 1 aromatic rings. The normalized spacial score (nSPS) is 17.7. The first-order valence-electron chi connectivity index (χ1n) is 6.03.